The minimum absolute atomic E-state index is 0.756. The molecule has 0 amide bonds. The van der Waals surface area contributed by atoms with E-state index in [4.69, 9.17) is 4.74 Å². The van der Waals surface area contributed by atoms with Crippen molar-refractivity contribution in [3.63, 3.8) is 0 Å². The number of ether oxygens (including phenoxy) is 1. The first-order chi connectivity index (χ1) is 7.36. The van der Waals surface area contributed by atoms with Crippen LogP contribution in [-0.2, 0) is 18.3 Å². The van der Waals surface area contributed by atoms with E-state index in [1.54, 1.807) is 6.33 Å². The lowest BCUT2D eigenvalue weighted by atomic mass is 10.0. The highest BCUT2D eigenvalue weighted by atomic mass is 16.5. The Balaban J connectivity index is 1.68. The zero-order valence-electron chi connectivity index (χ0n) is 9.15. The summed E-state index contributed by atoms with van der Waals surface area (Å²) in [6.07, 6.45) is 4.07. The fraction of sp³-hybridized carbons (Fsp3) is 0.800. The summed E-state index contributed by atoms with van der Waals surface area (Å²) >= 11 is 0. The van der Waals surface area contributed by atoms with Crippen LogP contribution in [0, 0.1) is 5.92 Å². The van der Waals surface area contributed by atoms with E-state index in [1.165, 1.54) is 12.8 Å². The van der Waals surface area contributed by atoms with Crippen LogP contribution in [0.3, 0.4) is 0 Å². The molecule has 15 heavy (non-hydrogen) atoms. The van der Waals surface area contributed by atoms with Gasteiger partial charge in [0, 0.05) is 20.3 Å². The van der Waals surface area contributed by atoms with Crippen molar-refractivity contribution < 1.29 is 4.74 Å². The van der Waals surface area contributed by atoms with E-state index in [0.717, 1.165) is 38.0 Å². The van der Waals surface area contributed by atoms with E-state index in [-0.39, 0.29) is 0 Å². The first-order valence-corrected chi connectivity index (χ1v) is 5.47. The Bertz CT molecular complexity index is 293. The maximum atomic E-state index is 5.32. The molecule has 1 N–H and O–H groups in total. The predicted octanol–water partition coefficient (Wildman–Crippen LogP) is 0.331. The van der Waals surface area contributed by atoms with Gasteiger partial charge in [0.05, 0.1) is 6.54 Å². The summed E-state index contributed by atoms with van der Waals surface area (Å²) < 4.78 is 7.26. The molecular weight excluding hydrogens is 192 g/mol. The van der Waals surface area contributed by atoms with Crippen LogP contribution < -0.4 is 5.32 Å². The molecule has 1 aromatic rings. The van der Waals surface area contributed by atoms with Crippen LogP contribution in [-0.4, -0.2) is 34.5 Å². The molecular formula is C10H18N4O. The number of hydrogen-bond donors (Lipinski definition) is 1. The average Bonchev–Trinajstić information content (AvgIpc) is 2.66. The molecule has 0 unspecified atom stereocenters. The monoisotopic (exact) mass is 210 g/mol. The van der Waals surface area contributed by atoms with Gasteiger partial charge in [0.25, 0.3) is 0 Å². The molecule has 5 heteroatoms. The maximum absolute atomic E-state index is 5.32. The molecule has 2 heterocycles. The van der Waals surface area contributed by atoms with Crippen LogP contribution >= 0.6 is 0 Å². The Hall–Kier alpha value is -0.940. The molecule has 0 saturated carbocycles. The van der Waals surface area contributed by atoms with Gasteiger partial charge in [-0.15, -0.1) is 10.2 Å². The summed E-state index contributed by atoms with van der Waals surface area (Å²) in [4.78, 5) is 0. The van der Waals surface area contributed by atoms with Crippen LogP contribution in [0.4, 0.5) is 0 Å². The normalized spacial score (nSPS) is 18.2. The van der Waals surface area contributed by atoms with Crippen LogP contribution in [0.5, 0.6) is 0 Å². The topological polar surface area (TPSA) is 52.0 Å². The smallest absolute Gasteiger partial charge is 0.146 e. The third kappa shape index (κ3) is 3.00. The summed E-state index contributed by atoms with van der Waals surface area (Å²) in [5, 5.41) is 11.3. The van der Waals surface area contributed by atoms with Gasteiger partial charge in [-0.3, -0.25) is 0 Å². The van der Waals surface area contributed by atoms with E-state index < -0.39 is 0 Å². The van der Waals surface area contributed by atoms with Gasteiger partial charge >= 0.3 is 0 Å². The van der Waals surface area contributed by atoms with Crippen molar-refractivity contribution in [2.45, 2.75) is 19.4 Å². The fourth-order valence-electron chi connectivity index (χ4n) is 1.81. The molecule has 0 atom stereocenters. The Morgan fingerprint density at radius 1 is 1.53 bits per heavy atom. The van der Waals surface area contributed by atoms with E-state index in [1.807, 2.05) is 11.6 Å². The van der Waals surface area contributed by atoms with Crippen molar-refractivity contribution in [2.24, 2.45) is 13.0 Å². The number of aromatic nitrogens is 3. The van der Waals surface area contributed by atoms with E-state index in [2.05, 4.69) is 15.5 Å². The number of hydrogen-bond acceptors (Lipinski definition) is 4. The van der Waals surface area contributed by atoms with Crippen molar-refractivity contribution in [1.82, 2.24) is 20.1 Å². The molecule has 1 saturated heterocycles. The Morgan fingerprint density at radius 2 is 2.33 bits per heavy atom. The van der Waals surface area contributed by atoms with Crippen molar-refractivity contribution >= 4 is 0 Å². The first kappa shape index (κ1) is 10.6. The molecule has 1 aromatic heterocycles. The highest BCUT2D eigenvalue weighted by molar-refractivity contribution is 4.83. The number of rotatable bonds is 4. The van der Waals surface area contributed by atoms with Crippen molar-refractivity contribution in [3.8, 4) is 0 Å². The predicted molar refractivity (Wildman–Crippen MR) is 56.3 cm³/mol. The van der Waals surface area contributed by atoms with E-state index >= 15 is 0 Å². The third-order valence-electron chi connectivity index (χ3n) is 2.86. The molecule has 0 radical (unpaired) electrons. The Kier molecular flexibility index (Phi) is 3.69. The summed E-state index contributed by atoms with van der Waals surface area (Å²) in [6.45, 7) is 3.68. The van der Waals surface area contributed by atoms with Crippen LogP contribution in [0.25, 0.3) is 0 Å². The summed E-state index contributed by atoms with van der Waals surface area (Å²) in [5.74, 6) is 1.74. The lowest BCUT2D eigenvalue weighted by Crippen LogP contribution is -2.28. The highest BCUT2D eigenvalue weighted by Crippen LogP contribution is 2.13. The second kappa shape index (κ2) is 5.23. The quantitative estimate of drug-likeness (QED) is 0.778. The van der Waals surface area contributed by atoms with Gasteiger partial charge in [-0.2, -0.15) is 0 Å². The maximum Gasteiger partial charge on any atom is 0.146 e. The van der Waals surface area contributed by atoms with Gasteiger partial charge in [0.15, 0.2) is 0 Å². The Labute approximate surface area is 89.8 Å². The second-order valence-electron chi connectivity index (χ2n) is 4.04. The summed E-state index contributed by atoms with van der Waals surface area (Å²) in [7, 11) is 1.96. The van der Waals surface area contributed by atoms with Crippen molar-refractivity contribution in [3.05, 3.63) is 12.2 Å². The molecule has 0 spiro atoms. The number of nitrogens with zero attached hydrogens (tertiary/aromatic N) is 3. The molecule has 2 rings (SSSR count). The van der Waals surface area contributed by atoms with Crippen molar-refractivity contribution in [1.29, 1.82) is 0 Å². The highest BCUT2D eigenvalue weighted by Gasteiger charge is 2.13. The first-order valence-electron chi connectivity index (χ1n) is 5.47. The van der Waals surface area contributed by atoms with E-state index in [9.17, 15) is 0 Å². The van der Waals surface area contributed by atoms with Crippen LogP contribution in [0.15, 0.2) is 6.33 Å². The lowest BCUT2D eigenvalue weighted by Gasteiger charge is -2.22. The average molecular weight is 210 g/mol. The van der Waals surface area contributed by atoms with E-state index in [0.29, 0.717) is 0 Å². The number of aryl methyl sites for hydroxylation is 1. The zero-order valence-corrected chi connectivity index (χ0v) is 9.15. The van der Waals surface area contributed by atoms with Gasteiger partial charge < -0.3 is 14.6 Å². The van der Waals surface area contributed by atoms with Crippen molar-refractivity contribution in [2.75, 3.05) is 19.8 Å². The van der Waals surface area contributed by atoms with Gasteiger partial charge in [-0.25, -0.2) is 0 Å². The van der Waals surface area contributed by atoms with Gasteiger partial charge in [0.2, 0.25) is 0 Å². The largest absolute Gasteiger partial charge is 0.381 e. The molecule has 5 nitrogen and oxygen atoms in total. The summed E-state index contributed by atoms with van der Waals surface area (Å²) in [5.41, 5.74) is 0. The minimum Gasteiger partial charge on any atom is -0.381 e. The Morgan fingerprint density at radius 3 is 3.00 bits per heavy atom. The van der Waals surface area contributed by atoms with Gasteiger partial charge in [-0.05, 0) is 25.3 Å². The standard InChI is InChI=1S/C10H18N4O/c1-14-8-12-13-10(14)7-11-6-9-2-4-15-5-3-9/h8-9,11H,2-7H2,1H3. The minimum atomic E-state index is 0.756. The molecule has 1 aliphatic heterocycles. The molecule has 0 aromatic carbocycles. The summed E-state index contributed by atoms with van der Waals surface area (Å²) in [6, 6.07) is 0. The molecule has 1 aliphatic rings. The molecule has 0 bridgehead atoms. The lowest BCUT2D eigenvalue weighted by molar-refractivity contribution is 0.0662. The molecule has 0 aliphatic carbocycles. The van der Waals surface area contributed by atoms with Crippen LogP contribution in [0.1, 0.15) is 18.7 Å². The van der Waals surface area contributed by atoms with Gasteiger partial charge in [0.1, 0.15) is 12.2 Å². The number of nitrogens with one attached hydrogen (secondary N) is 1. The zero-order chi connectivity index (χ0) is 10.5. The second-order valence-corrected chi connectivity index (χ2v) is 4.04. The molecule has 1 fully saturated rings. The fourth-order valence-corrected chi connectivity index (χ4v) is 1.81. The SMILES string of the molecule is Cn1cnnc1CNCC1CCOCC1. The van der Waals surface area contributed by atoms with Crippen LogP contribution in [0.2, 0.25) is 0 Å². The molecule has 84 valence electrons. The van der Waals surface area contributed by atoms with Gasteiger partial charge in [-0.1, -0.05) is 0 Å². The third-order valence-corrected chi connectivity index (χ3v) is 2.86.